The Morgan fingerprint density at radius 2 is 1.50 bits per heavy atom. The van der Waals surface area contributed by atoms with Gasteiger partial charge in [-0.05, 0) is 67.8 Å². The van der Waals surface area contributed by atoms with Gasteiger partial charge in [-0.3, -0.25) is 4.72 Å². The molecule has 1 aliphatic heterocycles. The molecule has 152 valence electrons. The second-order valence-corrected chi connectivity index (χ2v) is 11.1. The van der Waals surface area contributed by atoms with Crippen LogP contribution in [0, 0.1) is 20.8 Å². The van der Waals surface area contributed by atoms with Crippen LogP contribution in [-0.2, 0) is 19.9 Å². The third kappa shape index (κ3) is 4.48. The Morgan fingerprint density at radius 1 is 0.929 bits per heavy atom. The van der Waals surface area contributed by atoms with Gasteiger partial charge >= 0.3 is 0 Å². The second-order valence-electron chi connectivity index (χ2n) is 7.28. The number of aryl methyl sites for hydroxylation is 3. The molecular formula is C19H24N2O5S2. The number of nitrogens with one attached hydrogen (secondary N) is 2. The zero-order valence-electron chi connectivity index (χ0n) is 15.9. The first-order chi connectivity index (χ1) is 13.0. The van der Waals surface area contributed by atoms with Gasteiger partial charge in [-0.15, -0.1) is 0 Å². The van der Waals surface area contributed by atoms with Gasteiger partial charge in [0.2, 0.25) is 0 Å². The summed E-state index contributed by atoms with van der Waals surface area (Å²) >= 11 is 0. The molecule has 3 rings (SSSR count). The van der Waals surface area contributed by atoms with Gasteiger partial charge in [0, 0.05) is 11.4 Å². The topological polar surface area (TPSA) is 113 Å². The third-order valence-corrected chi connectivity index (χ3v) is 8.13. The average molecular weight is 425 g/mol. The van der Waals surface area contributed by atoms with Crippen molar-refractivity contribution < 1.29 is 21.9 Å². The molecule has 1 saturated heterocycles. The molecule has 1 fully saturated rings. The molecule has 1 aliphatic rings. The summed E-state index contributed by atoms with van der Waals surface area (Å²) in [6.07, 6.45) is -0.962. The number of hydrogen-bond acceptors (Lipinski definition) is 6. The van der Waals surface area contributed by atoms with Crippen LogP contribution in [0.2, 0.25) is 0 Å². The van der Waals surface area contributed by atoms with E-state index < -0.39 is 32.0 Å². The summed E-state index contributed by atoms with van der Waals surface area (Å²) in [7, 11) is -6.97. The summed E-state index contributed by atoms with van der Waals surface area (Å²) < 4.78 is 51.2. The number of aliphatic hydroxyl groups is 1. The number of rotatable bonds is 5. The highest BCUT2D eigenvalue weighted by molar-refractivity contribution is 7.92. The maximum absolute atomic E-state index is 12.7. The molecule has 0 amide bonds. The van der Waals surface area contributed by atoms with E-state index in [0.717, 1.165) is 11.1 Å². The highest BCUT2D eigenvalue weighted by Crippen LogP contribution is 2.24. The van der Waals surface area contributed by atoms with Crippen LogP contribution in [0.3, 0.4) is 0 Å². The van der Waals surface area contributed by atoms with Crippen molar-refractivity contribution in [2.75, 3.05) is 21.5 Å². The Morgan fingerprint density at radius 3 is 2.07 bits per heavy atom. The average Bonchev–Trinajstić information content (AvgIpc) is 2.84. The van der Waals surface area contributed by atoms with Crippen LogP contribution in [0.4, 0.5) is 11.4 Å². The third-order valence-electron chi connectivity index (χ3n) is 4.89. The van der Waals surface area contributed by atoms with Crippen LogP contribution in [-0.4, -0.2) is 45.6 Å². The summed E-state index contributed by atoms with van der Waals surface area (Å²) in [5.74, 6) is -0.382. The Hall–Kier alpha value is -2.10. The van der Waals surface area contributed by atoms with E-state index in [0.29, 0.717) is 16.9 Å². The molecule has 0 aliphatic carbocycles. The minimum atomic E-state index is -3.73. The van der Waals surface area contributed by atoms with Crippen molar-refractivity contribution in [2.45, 2.75) is 37.8 Å². The highest BCUT2D eigenvalue weighted by atomic mass is 32.2. The molecule has 0 unspecified atom stereocenters. The molecule has 0 saturated carbocycles. The molecule has 2 atom stereocenters. The fourth-order valence-corrected chi connectivity index (χ4v) is 6.36. The van der Waals surface area contributed by atoms with E-state index in [2.05, 4.69) is 10.0 Å². The van der Waals surface area contributed by atoms with Gasteiger partial charge in [0.05, 0.1) is 28.5 Å². The lowest BCUT2D eigenvalue weighted by molar-refractivity contribution is 0.190. The SMILES string of the molecule is Cc1cc(C)c(S(=O)(=O)Nc2ccc(N[C@@H]3CS(=O)(=O)C[C@@H]3O)cc2)cc1C. The van der Waals surface area contributed by atoms with Crippen LogP contribution in [0.1, 0.15) is 16.7 Å². The van der Waals surface area contributed by atoms with Crippen LogP contribution < -0.4 is 10.0 Å². The number of hydrogen-bond donors (Lipinski definition) is 3. The minimum Gasteiger partial charge on any atom is -0.390 e. The summed E-state index contributed by atoms with van der Waals surface area (Å²) in [6, 6.07) is 9.39. The van der Waals surface area contributed by atoms with E-state index in [1.807, 2.05) is 19.9 Å². The Kier molecular flexibility index (Phi) is 5.44. The zero-order valence-corrected chi connectivity index (χ0v) is 17.6. The first kappa shape index (κ1) is 20.6. The van der Waals surface area contributed by atoms with E-state index in [1.54, 1.807) is 37.3 Å². The first-order valence-corrected chi connectivity index (χ1v) is 12.1. The number of sulfonamides is 1. The molecular weight excluding hydrogens is 400 g/mol. The quantitative estimate of drug-likeness (QED) is 0.677. The lowest BCUT2D eigenvalue weighted by atomic mass is 10.1. The van der Waals surface area contributed by atoms with Crippen LogP contribution in [0.5, 0.6) is 0 Å². The smallest absolute Gasteiger partial charge is 0.262 e. The maximum atomic E-state index is 12.7. The molecule has 9 heteroatoms. The van der Waals surface area contributed by atoms with Gasteiger partial charge < -0.3 is 10.4 Å². The number of aliphatic hydroxyl groups excluding tert-OH is 1. The Bertz CT molecular complexity index is 1090. The van der Waals surface area contributed by atoms with E-state index in [9.17, 15) is 21.9 Å². The molecule has 0 spiro atoms. The van der Waals surface area contributed by atoms with Crippen LogP contribution in [0.15, 0.2) is 41.3 Å². The lowest BCUT2D eigenvalue weighted by Crippen LogP contribution is -2.31. The van der Waals surface area contributed by atoms with E-state index in [4.69, 9.17) is 0 Å². The molecule has 7 nitrogen and oxygen atoms in total. The summed E-state index contributed by atoms with van der Waals surface area (Å²) in [5.41, 5.74) is 3.60. The summed E-state index contributed by atoms with van der Waals surface area (Å²) in [5, 5.41) is 12.8. The second kappa shape index (κ2) is 7.38. The van der Waals surface area contributed by atoms with Gasteiger partial charge in [-0.25, -0.2) is 16.8 Å². The predicted molar refractivity (Wildman–Crippen MR) is 110 cm³/mol. The normalized spacial score (nSPS) is 21.4. The van der Waals surface area contributed by atoms with Gasteiger partial charge in [-0.2, -0.15) is 0 Å². The molecule has 0 bridgehead atoms. The zero-order chi connectivity index (χ0) is 20.7. The summed E-state index contributed by atoms with van der Waals surface area (Å²) in [4.78, 5) is 0.233. The number of benzene rings is 2. The van der Waals surface area contributed by atoms with Gasteiger partial charge in [-0.1, -0.05) is 6.07 Å². The van der Waals surface area contributed by atoms with Crippen LogP contribution in [0.25, 0.3) is 0 Å². The van der Waals surface area contributed by atoms with Crippen molar-refractivity contribution in [3.05, 3.63) is 53.1 Å². The number of anilines is 2. The van der Waals surface area contributed by atoms with E-state index in [-0.39, 0.29) is 16.4 Å². The molecule has 2 aromatic carbocycles. The molecule has 28 heavy (non-hydrogen) atoms. The molecule has 3 N–H and O–H groups in total. The van der Waals surface area contributed by atoms with Crippen molar-refractivity contribution in [3.8, 4) is 0 Å². The molecule has 0 radical (unpaired) electrons. The van der Waals surface area contributed by atoms with Crippen LogP contribution >= 0.6 is 0 Å². The van der Waals surface area contributed by atoms with Crippen molar-refractivity contribution >= 4 is 31.2 Å². The largest absolute Gasteiger partial charge is 0.390 e. The van der Waals surface area contributed by atoms with Gasteiger partial charge in [0.25, 0.3) is 10.0 Å². The van der Waals surface area contributed by atoms with Gasteiger partial charge in [0.1, 0.15) is 0 Å². The van der Waals surface area contributed by atoms with Crippen molar-refractivity contribution in [1.82, 2.24) is 0 Å². The monoisotopic (exact) mass is 424 g/mol. The molecule has 1 heterocycles. The molecule has 2 aromatic rings. The lowest BCUT2D eigenvalue weighted by Gasteiger charge is -2.17. The van der Waals surface area contributed by atoms with Crippen molar-refractivity contribution in [1.29, 1.82) is 0 Å². The van der Waals surface area contributed by atoms with E-state index >= 15 is 0 Å². The molecule has 0 aromatic heterocycles. The van der Waals surface area contributed by atoms with E-state index in [1.165, 1.54) is 0 Å². The minimum absolute atomic E-state index is 0.130. The maximum Gasteiger partial charge on any atom is 0.262 e. The summed E-state index contributed by atoms with van der Waals surface area (Å²) in [6.45, 7) is 5.56. The first-order valence-electron chi connectivity index (χ1n) is 8.83. The van der Waals surface area contributed by atoms with Crippen molar-refractivity contribution in [2.24, 2.45) is 0 Å². The van der Waals surface area contributed by atoms with Crippen molar-refractivity contribution in [3.63, 3.8) is 0 Å². The Labute approximate surface area is 165 Å². The highest BCUT2D eigenvalue weighted by Gasteiger charge is 2.36. The Balaban J connectivity index is 1.75. The fraction of sp³-hybridized carbons (Fsp3) is 0.368. The fourth-order valence-electron chi connectivity index (χ4n) is 3.25. The predicted octanol–water partition coefficient (Wildman–Crippen LogP) is 1.98. The standard InChI is InChI=1S/C19H24N2O5S2/c1-12-8-14(3)19(9-13(12)2)28(25,26)21-16-6-4-15(5-7-16)20-17-10-27(23,24)11-18(17)22/h4-9,17-18,20-22H,10-11H2,1-3H3/t17-,18+/m1/s1. The van der Waals surface area contributed by atoms with Gasteiger partial charge in [0.15, 0.2) is 9.84 Å². The number of sulfone groups is 1.